The maximum Gasteiger partial charge on any atom is 0.262 e. The van der Waals surface area contributed by atoms with Crippen LogP contribution in [-0.4, -0.2) is 58.1 Å². The van der Waals surface area contributed by atoms with Crippen molar-refractivity contribution in [3.8, 4) is 0 Å². The number of hydrogen-bond acceptors (Lipinski definition) is 6. The number of hydrogen-bond donors (Lipinski definition) is 2. The lowest BCUT2D eigenvalue weighted by atomic mass is 9.87. The molecule has 8 heteroatoms. The number of amides is 4. The van der Waals surface area contributed by atoms with Gasteiger partial charge in [-0.1, -0.05) is 19.1 Å². The van der Waals surface area contributed by atoms with Crippen molar-refractivity contribution >= 4 is 23.6 Å². The zero-order chi connectivity index (χ0) is 19.3. The maximum atomic E-state index is 13.0. The summed E-state index contributed by atoms with van der Waals surface area (Å²) in [5.41, 5.74) is 7.47. The first-order valence-electron chi connectivity index (χ1n) is 9.18. The molecule has 0 aromatic heterocycles. The Bertz CT molecular complexity index is 859. The Labute approximate surface area is 156 Å². The first-order valence-corrected chi connectivity index (χ1v) is 9.18. The quantitative estimate of drug-likeness (QED) is 0.722. The van der Waals surface area contributed by atoms with Crippen LogP contribution in [0.4, 0.5) is 0 Å². The number of fused-ring (bicyclic) bond motifs is 1. The summed E-state index contributed by atoms with van der Waals surface area (Å²) in [5, 5.41) is 2.21. The van der Waals surface area contributed by atoms with Gasteiger partial charge in [0.1, 0.15) is 6.04 Å². The molecular formula is C19H22N4O4. The molecule has 4 amide bonds. The summed E-state index contributed by atoms with van der Waals surface area (Å²) in [5.74, 6) is -1.92. The number of rotatable bonds is 4. The van der Waals surface area contributed by atoms with Crippen molar-refractivity contribution in [2.24, 2.45) is 5.73 Å². The van der Waals surface area contributed by atoms with Crippen molar-refractivity contribution in [3.63, 3.8) is 0 Å². The fourth-order valence-electron chi connectivity index (χ4n) is 4.14. The third-order valence-electron chi connectivity index (χ3n) is 5.73. The van der Waals surface area contributed by atoms with Gasteiger partial charge in [0.2, 0.25) is 11.8 Å². The van der Waals surface area contributed by atoms with Crippen LogP contribution in [0.5, 0.6) is 0 Å². The molecule has 1 unspecified atom stereocenters. The van der Waals surface area contributed by atoms with Gasteiger partial charge in [-0.25, -0.2) is 0 Å². The van der Waals surface area contributed by atoms with Crippen LogP contribution >= 0.6 is 0 Å². The van der Waals surface area contributed by atoms with E-state index in [-0.39, 0.29) is 24.3 Å². The third-order valence-corrected chi connectivity index (χ3v) is 5.73. The van der Waals surface area contributed by atoms with Gasteiger partial charge in [-0.3, -0.25) is 34.3 Å². The summed E-state index contributed by atoms with van der Waals surface area (Å²) in [4.78, 5) is 52.5. The van der Waals surface area contributed by atoms with Crippen molar-refractivity contribution in [3.05, 3.63) is 34.9 Å². The summed E-state index contributed by atoms with van der Waals surface area (Å²) < 4.78 is 0. The molecule has 2 fully saturated rings. The summed E-state index contributed by atoms with van der Waals surface area (Å²) in [7, 11) is 0. The number of nitrogens with zero attached hydrogens (tertiary/aromatic N) is 2. The molecule has 0 radical (unpaired) electrons. The molecule has 1 aromatic rings. The first-order chi connectivity index (χ1) is 12.8. The Hall–Kier alpha value is -2.58. The van der Waals surface area contributed by atoms with Gasteiger partial charge in [-0.15, -0.1) is 0 Å². The van der Waals surface area contributed by atoms with E-state index in [9.17, 15) is 19.2 Å². The molecule has 1 aromatic carbocycles. The number of likely N-dealkylation sites (tertiary alicyclic amines) is 1. The zero-order valence-corrected chi connectivity index (χ0v) is 15.2. The smallest absolute Gasteiger partial charge is 0.262 e. The van der Waals surface area contributed by atoms with Gasteiger partial charge < -0.3 is 5.73 Å². The van der Waals surface area contributed by atoms with E-state index in [1.54, 1.807) is 12.1 Å². The van der Waals surface area contributed by atoms with Crippen molar-refractivity contribution < 1.29 is 19.2 Å². The van der Waals surface area contributed by atoms with Gasteiger partial charge in [-0.05, 0) is 24.5 Å². The predicted molar refractivity (Wildman–Crippen MR) is 95.6 cm³/mol. The first kappa shape index (κ1) is 17.8. The van der Waals surface area contributed by atoms with Crippen LogP contribution in [0.3, 0.4) is 0 Å². The van der Waals surface area contributed by atoms with Crippen LogP contribution in [0.25, 0.3) is 0 Å². The number of carbonyl (C=O) groups excluding carboxylic acids is 4. The van der Waals surface area contributed by atoms with Gasteiger partial charge in [0.05, 0.1) is 11.1 Å². The standard InChI is InChI=1S/C19H22N4O4/c1-2-19(20)9-22(10-19)8-11-4-3-5-12-15(11)18(27)23(17(12)26)13-6-7-14(24)21-16(13)25/h3-5,13H,2,6-10,20H2,1H3,(H,21,24,25). The molecule has 8 nitrogen and oxygen atoms in total. The highest BCUT2D eigenvalue weighted by atomic mass is 16.2. The topological polar surface area (TPSA) is 113 Å². The second-order valence-electron chi connectivity index (χ2n) is 7.65. The van der Waals surface area contributed by atoms with E-state index in [2.05, 4.69) is 17.1 Å². The van der Waals surface area contributed by atoms with E-state index < -0.39 is 23.8 Å². The van der Waals surface area contributed by atoms with E-state index in [4.69, 9.17) is 5.73 Å². The minimum absolute atomic E-state index is 0.111. The molecular weight excluding hydrogens is 348 g/mol. The minimum atomic E-state index is -0.941. The molecule has 4 rings (SSSR count). The van der Waals surface area contributed by atoms with Gasteiger partial charge in [0, 0.05) is 31.6 Å². The largest absolute Gasteiger partial charge is 0.323 e. The van der Waals surface area contributed by atoms with Crippen molar-refractivity contribution in [1.29, 1.82) is 0 Å². The van der Waals surface area contributed by atoms with Crippen LogP contribution in [0.1, 0.15) is 52.5 Å². The second-order valence-corrected chi connectivity index (χ2v) is 7.65. The van der Waals surface area contributed by atoms with E-state index in [1.165, 1.54) is 0 Å². The minimum Gasteiger partial charge on any atom is -0.323 e. The Kier molecular flexibility index (Phi) is 4.12. The lowest BCUT2D eigenvalue weighted by Crippen LogP contribution is -2.66. The fraction of sp³-hybridized carbons (Fsp3) is 0.474. The van der Waals surface area contributed by atoms with Gasteiger partial charge in [0.25, 0.3) is 11.8 Å². The fourth-order valence-corrected chi connectivity index (χ4v) is 4.14. The summed E-state index contributed by atoms with van der Waals surface area (Å²) in [6.45, 7) is 4.07. The molecule has 2 saturated heterocycles. The third kappa shape index (κ3) is 2.85. The predicted octanol–water partition coefficient (Wildman–Crippen LogP) is 0.0109. The van der Waals surface area contributed by atoms with Crippen molar-refractivity contribution in [1.82, 2.24) is 15.1 Å². The summed E-state index contributed by atoms with van der Waals surface area (Å²) >= 11 is 0. The van der Waals surface area contributed by atoms with Crippen molar-refractivity contribution in [2.75, 3.05) is 13.1 Å². The normalized spacial score (nSPS) is 24.7. The summed E-state index contributed by atoms with van der Waals surface area (Å²) in [6, 6.07) is 4.26. The van der Waals surface area contributed by atoms with Gasteiger partial charge >= 0.3 is 0 Å². The maximum absolute atomic E-state index is 13.0. The monoisotopic (exact) mass is 370 g/mol. The average molecular weight is 370 g/mol. The zero-order valence-electron chi connectivity index (χ0n) is 15.2. The number of nitrogens with two attached hydrogens (primary N) is 1. The molecule has 3 aliphatic heterocycles. The molecule has 3 aliphatic rings. The van der Waals surface area contributed by atoms with E-state index in [0.717, 1.165) is 30.0 Å². The highest BCUT2D eigenvalue weighted by molar-refractivity contribution is 6.24. The van der Waals surface area contributed by atoms with Crippen molar-refractivity contribution in [2.45, 2.75) is 44.3 Å². The Balaban J connectivity index is 1.58. The molecule has 142 valence electrons. The van der Waals surface area contributed by atoms with Crippen LogP contribution < -0.4 is 11.1 Å². The van der Waals surface area contributed by atoms with Crippen LogP contribution in [0, 0.1) is 0 Å². The molecule has 0 aliphatic carbocycles. The Morgan fingerprint density at radius 3 is 2.59 bits per heavy atom. The Morgan fingerprint density at radius 1 is 1.19 bits per heavy atom. The molecule has 3 N–H and O–H groups in total. The molecule has 0 saturated carbocycles. The van der Waals surface area contributed by atoms with Gasteiger partial charge in [0.15, 0.2) is 0 Å². The summed E-state index contributed by atoms with van der Waals surface area (Å²) in [6.07, 6.45) is 1.15. The highest BCUT2D eigenvalue weighted by Crippen LogP contribution is 2.32. The van der Waals surface area contributed by atoms with Crippen LogP contribution in [-0.2, 0) is 16.1 Å². The molecule has 0 bridgehead atoms. The average Bonchev–Trinajstić information content (AvgIpc) is 2.86. The van der Waals surface area contributed by atoms with Gasteiger partial charge in [-0.2, -0.15) is 0 Å². The second kappa shape index (κ2) is 6.24. The Morgan fingerprint density at radius 2 is 1.93 bits per heavy atom. The van der Waals surface area contributed by atoms with Crippen LogP contribution in [0.2, 0.25) is 0 Å². The number of nitrogens with one attached hydrogen (secondary N) is 1. The number of carbonyl (C=O) groups is 4. The molecule has 1 atom stereocenters. The molecule has 0 spiro atoms. The highest BCUT2D eigenvalue weighted by Gasteiger charge is 2.46. The van der Waals surface area contributed by atoms with Crippen LogP contribution in [0.15, 0.2) is 18.2 Å². The number of benzene rings is 1. The van der Waals surface area contributed by atoms with E-state index in [1.807, 2.05) is 6.07 Å². The number of imide groups is 2. The molecule has 3 heterocycles. The van der Waals surface area contributed by atoms with E-state index >= 15 is 0 Å². The lowest BCUT2D eigenvalue weighted by molar-refractivity contribution is -0.136. The lowest BCUT2D eigenvalue weighted by Gasteiger charge is -2.47. The number of piperidine rings is 1. The van der Waals surface area contributed by atoms with E-state index in [0.29, 0.717) is 17.7 Å². The molecule has 27 heavy (non-hydrogen) atoms. The SMILES string of the molecule is CCC1(N)CN(Cc2cccc3c2C(=O)N(C2CCC(=O)NC2=O)C3=O)C1.